The van der Waals surface area contributed by atoms with Crippen LogP contribution in [0.2, 0.25) is 5.02 Å². The van der Waals surface area contributed by atoms with Crippen LogP contribution >= 0.6 is 11.6 Å². The highest BCUT2D eigenvalue weighted by Gasteiger charge is 2.22. The maximum atomic E-state index is 12.1. The van der Waals surface area contributed by atoms with Gasteiger partial charge in [-0.2, -0.15) is 0 Å². The molecule has 1 aromatic carbocycles. The van der Waals surface area contributed by atoms with E-state index >= 15 is 0 Å². The Bertz CT molecular complexity index is 874. The monoisotopic (exact) mass is 371 g/mol. The van der Waals surface area contributed by atoms with Crippen LogP contribution < -0.4 is 4.74 Å². The predicted molar refractivity (Wildman–Crippen MR) is 104 cm³/mol. The number of methoxy groups -OCH3 is 2. The van der Waals surface area contributed by atoms with Gasteiger partial charge < -0.3 is 9.47 Å². The third-order valence-electron chi connectivity index (χ3n) is 4.76. The Labute approximate surface area is 158 Å². The molecule has 0 radical (unpaired) electrons. The van der Waals surface area contributed by atoms with Crippen molar-refractivity contribution in [2.75, 3.05) is 14.2 Å². The van der Waals surface area contributed by atoms with Gasteiger partial charge in [-0.15, -0.1) is 0 Å². The molecule has 0 bridgehead atoms. The van der Waals surface area contributed by atoms with Gasteiger partial charge in [-0.05, 0) is 66.7 Å². The second-order valence-corrected chi connectivity index (χ2v) is 6.66. The van der Waals surface area contributed by atoms with E-state index in [1.807, 2.05) is 37.4 Å². The van der Waals surface area contributed by atoms with E-state index in [1.54, 1.807) is 7.11 Å². The van der Waals surface area contributed by atoms with Crippen LogP contribution in [0.25, 0.3) is 11.1 Å². The molecule has 0 atom stereocenters. The summed E-state index contributed by atoms with van der Waals surface area (Å²) in [6.07, 6.45) is 5.44. The van der Waals surface area contributed by atoms with Gasteiger partial charge >= 0.3 is 5.97 Å². The molecule has 0 amide bonds. The maximum Gasteiger partial charge on any atom is 0.339 e. The van der Waals surface area contributed by atoms with Gasteiger partial charge in [-0.25, -0.2) is 4.79 Å². The van der Waals surface area contributed by atoms with Gasteiger partial charge in [0.25, 0.3) is 0 Å². The molecular formula is C21H22ClNO3. The van der Waals surface area contributed by atoms with Crippen LogP contribution in [-0.4, -0.2) is 25.2 Å². The lowest BCUT2D eigenvalue weighted by molar-refractivity contribution is 0.0599. The van der Waals surface area contributed by atoms with Crippen LogP contribution in [0, 0.1) is 0 Å². The summed E-state index contributed by atoms with van der Waals surface area (Å²) in [6.45, 7) is 1.98. The lowest BCUT2D eigenvalue weighted by Gasteiger charge is -2.14. The molecular weight excluding hydrogens is 350 g/mol. The minimum atomic E-state index is -0.350. The van der Waals surface area contributed by atoms with E-state index in [0.29, 0.717) is 17.0 Å². The predicted octanol–water partition coefficient (Wildman–Crippen LogP) is 5.19. The van der Waals surface area contributed by atoms with Crippen LogP contribution in [0.4, 0.5) is 0 Å². The van der Waals surface area contributed by atoms with Crippen LogP contribution in [-0.2, 0) is 11.2 Å². The van der Waals surface area contributed by atoms with Gasteiger partial charge in [0, 0.05) is 16.8 Å². The average Bonchev–Trinajstić information content (AvgIpc) is 3.16. The molecule has 1 aromatic heterocycles. The van der Waals surface area contributed by atoms with Crippen molar-refractivity contribution >= 4 is 28.7 Å². The number of halogens is 1. The van der Waals surface area contributed by atoms with Crippen molar-refractivity contribution in [3.05, 3.63) is 57.9 Å². The first-order valence-corrected chi connectivity index (χ1v) is 9.10. The highest BCUT2D eigenvalue weighted by Crippen LogP contribution is 2.43. The number of carbonyl (C=O) groups is 1. The molecule has 1 aliphatic rings. The van der Waals surface area contributed by atoms with Crippen LogP contribution in [0.15, 0.2) is 30.5 Å². The summed E-state index contributed by atoms with van der Waals surface area (Å²) in [5.74, 6) is 0.451. The number of allylic oxidation sites excluding steroid dienone is 2. The third kappa shape index (κ3) is 3.47. The van der Waals surface area contributed by atoms with Crippen LogP contribution in [0.3, 0.4) is 0 Å². The summed E-state index contributed by atoms with van der Waals surface area (Å²) >= 11 is 6.22. The molecule has 0 aliphatic heterocycles. The Kier molecular flexibility index (Phi) is 5.62. The molecule has 26 heavy (non-hydrogen) atoms. The summed E-state index contributed by atoms with van der Waals surface area (Å²) in [7, 11) is 3.06. The molecule has 0 fully saturated rings. The van der Waals surface area contributed by atoms with Crippen molar-refractivity contribution in [1.29, 1.82) is 0 Å². The number of hydrogen-bond acceptors (Lipinski definition) is 4. The number of benzene rings is 1. The zero-order valence-electron chi connectivity index (χ0n) is 15.3. The molecule has 2 aromatic rings. The fourth-order valence-corrected chi connectivity index (χ4v) is 3.67. The Morgan fingerprint density at radius 3 is 2.65 bits per heavy atom. The quantitative estimate of drug-likeness (QED) is 0.679. The molecule has 0 saturated carbocycles. The van der Waals surface area contributed by atoms with E-state index < -0.39 is 0 Å². The van der Waals surface area contributed by atoms with Gasteiger partial charge in [0.2, 0.25) is 0 Å². The van der Waals surface area contributed by atoms with Gasteiger partial charge in [0.15, 0.2) is 0 Å². The van der Waals surface area contributed by atoms with Crippen molar-refractivity contribution in [1.82, 2.24) is 4.98 Å². The van der Waals surface area contributed by atoms with E-state index in [2.05, 4.69) is 4.98 Å². The molecule has 136 valence electrons. The molecule has 0 unspecified atom stereocenters. The smallest absolute Gasteiger partial charge is 0.339 e. The Hall–Kier alpha value is -2.33. The molecule has 0 saturated heterocycles. The van der Waals surface area contributed by atoms with Gasteiger partial charge in [-0.1, -0.05) is 18.5 Å². The Balaban J connectivity index is 2.15. The van der Waals surface area contributed by atoms with Crippen molar-refractivity contribution in [2.45, 2.75) is 32.6 Å². The Morgan fingerprint density at radius 1 is 1.19 bits per heavy atom. The summed E-state index contributed by atoms with van der Waals surface area (Å²) < 4.78 is 10.5. The first-order chi connectivity index (χ1) is 12.6. The van der Waals surface area contributed by atoms with E-state index in [-0.39, 0.29) is 5.97 Å². The van der Waals surface area contributed by atoms with Gasteiger partial charge in [-0.3, -0.25) is 4.98 Å². The first-order valence-electron chi connectivity index (χ1n) is 8.72. The van der Waals surface area contributed by atoms with Crippen molar-refractivity contribution in [3.8, 4) is 5.75 Å². The van der Waals surface area contributed by atoms with E-state index in [9.17, 15) is 4.79 Å². The highest BCUT2D eigenvalue weighted by atomic mass is 35.5. The number of rotatable bonds is 5. The summed E-state index contributed by atoms with van der Waals surface area (Å²) in [6, 6.07) is 7.55. The number of carbonyl (C=O) groups excluding carboxylic acids is 1. The van der Waals surface area contributed by atoms with E-state index in [0.717, 1.165) is 41.8 Å². The van der Waals surface area contributed by atoms with Crippen molar-refractivity contribution in [2.24, 2.45) is 0 Å². The van der Waals surface area contributed by atoms with Crippen LogP contribution in [0.5, 0.6) is 5.75 Å². The second kappa shape index (κ2) is 7.92. The molecule has 5 heteroatoms. The SMILES string of the molecule is CCc1ncc(C2=C(c3cc(Cl)ccc3OC)CCC2)cc1C(=O)OC. The van der Waals surface area contributed by atoms with E-state index in [4.69, 9.17) is 21.1 Å². The summed E-state index contributed by atoms with van der Waals surface area (Å²) in [5.41, 5.74) is 5.63. The molecule has 4 nitrogen and oxygen atoms in total. The number of aryl methyl sites for hydroxylation is 1. The highest BCUT2D eigenvalue weighted by molar-refractivity contribution is 6.30. The van der Waals surface area contributed by atoms with Gasteiger partial charge in [0.05, 0.1) is 25.5 Å². The lowest BCUT2D eigenvalue weighted by Crippen LogP contribution is -2.08. The first kappa shape index (κ1) is 18.5. The number of esters is 1. The number of hydrogen-bond donors (Lipinski definition) is 0. The number of nitrogens with zero attached hydrogens (tertiary/aromatic N) is 1. The fraction of sp³-hybridized carbons (Fsp3) is 0.333. The zero-order chi connectivity index (χ0) is 18.7. The van der Waals surface area contributed by atoms with Gasteiger partial charge in [0.1, 0.15) is 5.75 Å². The maximum absolute atomic E-state index is 12.1. The minimum absolute atomic E-state index is 0.350. The molecule has 3 rings (SSSR count). The topological polar surface area (TPSA) is 48.4 Å². The minimum Gasteiger partial charge on any atom is -0.496 e. The number of aromatic nitrogens is 1. The van der Waals surface area contributed by atoms with Crippen molar-refractivity contribution < 1.29 is 14.3 Å². The normalized spacial score (nSPS) is 13.8. The standard InChI is InChI=1S/C21H22ClNO3/c1-4-19-18(21(24)26-3)10-13(12-23-19)15-6-5-7-16(15)17-11-14(22)8-9-20(17)25-2/h8-12H,4-7H2,1-3H3. The van der Waals surface area contributed by atoms with Crippen LogP contribution in [0.1, 0.15) is 53.4 Å². The van der Waals surface area contributed by atoms with Crippen molar-refractivity contribution in [3.63, 3.8) is 0 Å². The third-order valence-corrected chi connectivity index (χ3v) is 5.00. The number of ether oxygens (including phenoxy) is 2. The number of pyridine rings is 1. The van der Waals surface area contributed by atoms with E-state index in [1.165, 1.54) is 18.3 Å². The summed E-state index contributed by atoms with van der Waals surface area (Å²) in [5, 5.41) is 0.675. The average molecular weight is 372 g/mol. The largest absolute Gasteiger partial charge is 0.496 e. The lowest BCUT2D eigenvalue weighted by atomic mass is 9.96. The zero-order valence-corrected chi connectivity index (χ0v) is 16.0. The molecule has 0 N–H and O–H groups in total. The molecule has 0 spiro atoms. The molecule has 1 heterocycles. The summed E-state index contributed by atoms with van der Waals surface area (Å²) in [4.78, 5) is 16.6. The molecule has 1 aliphatic carbocycles. The fourth-order valence-electron chi connectivity index (χ4n) is 3.50. The Morgan fingerprint density at radius 2 is 1.96 bits per heavy atom. The second-order valence-electron chi connectivity index (χ2n) is 6.22.